The van der Waals surface area contributed by atoms with Crippen LogP contribution >= 0.6 is 0 Å². The van der Waals surface area contributed by atoms with Crippen molar-refractivity contribution in [3.05, 3.63) is 0 Å². The fourth-order valence-electron chi connectivity index (χ4n) is 1.67. The van der Waals surface area contributed by atoms with Crippen molar-refractivity contribution in [1.82, 2.24) is 4.90 Å². The summed E-state index contributed by atoms with van der Waals surface area (Å²) < 4.78 is 0. The summed E-state index contributed by atoms with van der Waals surface area (Å²) in [6.45, 7) is 1.94. The van der Waals surface area contributed by atoms with E-state index in [9.17, 15) is 9.59 Å². The molecule has 0 aromatic heterocycles. The van der Waals surface area contributed by atoms with Crippen LogP contribution < -0.4 is 0 Å². The van der Waals surface area contributed by atoms with Crippen molar-refractivity contribution in [2.24, 2.45) is 0 Å². The molecule has 1 aliphatic rings. The van der Waals surface area contributed by atoms with E-state index in [-0.39, 0.29) is 24.5 Å². The molecular formula is C9H15NO3. The van der Waals surface area contributed by atoms with Gasteiger partial charge in [-0.25, -0.2) is 0 Å². The summed E-state index contributed by atoms with van der Waals surface area (Å²) in [7, 11) is 0. The number of aliphatic hydroxyl groups excluding tert-OH is 1. The van der Waals surface area contributed by atoms with Gasteiger partial charge in [-0.05, 0) is 12.8 Å². The van der Waals surface area contributed by atoms with Gasteiger partial charge in [0.25, 0.3) is 0 Å². The van der Waals surface area contributed by atoms with E-state index in [4.69, 9.17) is 5.11 Å². The molecule has 1 N–H and O–H groups in total. The van der Waals surface area contributed by atoms with Crippen LogP contribution in [0.4, 0.5) is 0 Å². The van der Waals surface area contributed by atoms with Crippen molar-refractivity contribution in [3.8, 4) is 0 Å². The van der Waals surface area contributed by atoms with Crippen LogP contribution in [0.1, 0.15) is 32.6 Å². The summed E-state index contributed by atoms with van der Waals surface area (Å²) in [6.07, 6.45) is 1.88. The fraction of sp³-hybridized carbons (Fsp3) is 0.778. The van der Waals surface area contributed by atoms with Gasteiger partial charge >= 0.3 is 0 Å². The predicted molar refractivity (Wildman–Crippen MR) is 46.9 cm³/mol. The first-order chi connectivity index (χ1) is 6.20. The number of rotatable bonds is 4. The Bertz CT molecular complexity index is 199. The third kappa shape index (κ3) is 2.06. The number of imide groups is 1. The van der Waals surface area contributed by atoms with Gasteiger partial charge < -0.3 is 5.11 Å². The maximum atomic E-state index is 11.3. The van der Waals surface area contributed by atoms with Crippen LogP contribution in [0.5, 0.6) is 0 Å². The number of amides is 2. The fourth-order valence-corrected chi connectivity index (χ4v) is 1.67. The Morgan fingerprint density at radius 2 is 1.92 bits per heavy atom. The molecule has 1 aliphatic heterocycles. The van der Waals surface area contributed by atoms with Gasteiger partial charge in [-0.3, -0.25) is 14.5 Å². The molecular weight excluding hydrogens is 170 g/mol. The number of nitrogens with zero attached hydrogens (tertiary/aromatic N) is 1. The highest BCUT2D eigenvalue weighted by Crippen LogP contribution is 2.18. The average Bonchev–Trinajstić information content (AvgIpc) is 2.43. The van der Waals surface area contributed by atoms with Crippen LogP contribution in [-0.2, 0) is 9.59 Å². The van der Waals surface area contributed by atoms with Crippen LogP contribution in [0.3, 0.4) is 0 Å². The third-order valence-corrected chi connectivity index (χ3v) is 2.39. The lowest BCUT2D eigenvalue weighted by Crippen LogP contribution is -2.39. The Balaban J connectivity index is 2.65. The standard InChI is InChI=1S/C9H15NO3/c1-2-7(5-6-11)10-8(12)3-4-9(10)13/h7,11H,2-6H2,1H3. The first-order valence-electron chi connectivity index (χ1n) is 4.66. The molecule has 74 valence electrons. The zero-order valence-electron chi connectivity index (χ0n) is 7.82. The molecule has 0 spiro atoms. The third-order valence-electron chi connectivity index (χ3n) is 2.39. The Morgan fingerprint density at radius 1 is 1.38 bits per heavy atom. The first kappa shape index (κ1) is 10.2. The van der Waals surface area contributed by atoms with Gasteiger partial charge in [0.15, 0.2) is 0 Å². The van der Waals surface area contributed by atoms with Gasteiger partial charge in [0.05, 0.1) is 0 Å². The van der Waals surface area contributed by atoms with Crippen molar-refractivity contribution >= 4 is 11.8 Å². The second kappa shape index (κ2) is 4.37. The lowest BCUT2D eigenvalue weighted by Gasteiger charge is -2.24. The van der Waals surface area contributed by atoms with Crippen LogP contribution in [0.15, 0.2) is 0 Å². The van der Waals surface area contributed by atoms with Crippen molar-refractivity contribution in [3.63, 3.8) is 0 Å². The molecule has 1 unspecified atom stereocenters. The minimum atomic E-state index is -0.104. The van der Waals surface area contributed by atoms with Gasteiger partial charge in [-0.15, -0.1) is 0 Å². The summed E-state index contributed by atoms with van der Waals surface area (Å²) in [5.41, 5.74) is 0. The molecule has 0 aromatic carbocycles. The van der Waals surface area contributed by atoms with E-state index >= 15 is 0 Å². The number of hydrogen-bond acceptors (Lipinski definition) is 3. The number of likely N-dealkylation sites (tertiary alicyclic amines) is 1. The van der Waals surface area contributed by atoms with Crippen LogP contribution in [0, 0.1) is 0 Å². The molecule has 1 saturated heterocycles. The lowest BCUT2D eigenvalue weighted by atomic mass is 10.1. The molecule has 4 heteroatoms. The molecule has 1 atom stereocenters. The maximum Gasteiger partial charge on any atom is 0.229 e. The predicted octanol–water partition coefficient (Wildman–Crippen LogP) is 0.296. The molecule has 4 nitrogen and oxygen atoms in total. The van der Waals surface area contributed by atoms with Crippen molar-refractivity contribution < 1.29 is 14.7 Å². The van der Waals surface area contributed by atoms with E-state index in [0.717, 1.165) is 6.42 Å². The van der Waals surface area contributed by atoms with Crippen molar-refractivity contribution in [1.29, 1.82) is 0 Å². The minimum Gasteiger partial charge on any atom is -0.396 e. The van der Waals surface area contributed by atoms with E-state index in [1.165, 1.54) is 4.90 Å². The number of aliphatic hydroxyl groups is 1. The monoisotopic (exact) mass is 185 g/mol. The molecule has 13 heavy (non-hydrogen) atoms. The zero-order chi connectivity index (χ0) is 9.84. The lowest BCUT2D eigenvalue weighted by molar-refractivity contribution is -0.141. The van der Waals surface area contributed by atoms with Crippen molar-refractivity contribution in [2.45, 2.75) is 38.6 Å². The van der Waals surface area contributed by atoms with Gasteiger partial charge in [0.2, 0.25) is 11.8 Å². The Morgan fingerprint density at radius 3 is 2.31 bits per heavy atom. The van der Waals surface area contributed by atoms with Crippen LogP contribution in [0.25, 0.3) is 0 Å². The second-order valence-corrected chi connectivity index (χ2v) is 3.23. The highest BCUT2D eigenvalue weighted by molar-refractivity contribution is 6.02. The maximum absolute atomic E-state index is 11.3. The molecule has 0 saturated carbocycles. The molecule has 0 bridgehead atoms. The number of carbonyl (C=O) groups excluding carboxylic acids is 2. The molecule has 0 aliphatic carbocycles. The summed E-state index contributed by atoms with van der Waals surface area (Å²) in [5, 5.41) is 8.75. The van der Waals surface area contributed by atoms with Crippen molar-refractivity contribution in [2.75, 3.05) is 6.61 Å². The molecule has 1 heterocycles. The van der Waals surface area contributed by atoms with Crippen LogP contribution in [-0.4, -0.2) is 34.5 Å². The zero-order valence-corrected chi connectivity index (χ0v) is 7.82. The topological polar surface area (TPSA) is 57.6 Å². The molecule has 0 aromatic rings. The van der Waals surface area contributed by atoms with E-state index in [2.05, 4.69) is 0 Å². The highest BCUT2D eigenvalue weighted by atomic mass is 16.3. The van der Waals surface area contributed by atoms with Gasteiger partial charge in [0.1, 0.15) is 0 Å². The summed E-state index contributed by atoms with van der Waals surface area (Å²) in [4.78, 5) is 23.9. The normalized spacial score (nSPS) is 19.7. The minimum absolute atomic E-state index is 0.0234. The van der Waals surface area contributed by atoms with Crippen LogP contribution in [0.2, 0.25) is 0 Å². The summed E-state index contributed by atoms with van der Waals surface area (Å²) in [5.74, 6) is -0.185. The average molecular weight is 185 g/mol. The second-order valence-electron chi connectivity index (χ2n) is 3.23. The first-order valence-corrected chi connectivity index (χ1v) is 4.66. The van der Waals surface area contributed by atoms with E-state index in [1.807, 2.05) is 6.92 Å². The van der Waals surface area contributed by atoms with E-state index < -0.39 is 0 Å². The Kier molecular flexibility index (Phi) is 3.42. The molecule has 1 fully saturated rings. The highest BCUT2D eigenvalue weighted by Gasteiger charge is 2.33. The quantitative estimate of drug-likeness (QED) is 0.641. The largest absolute Gasteiger partial charge is 0.396 e. The Labute approximate surface area is 77.5 Å². The SMILES string of the molecule is CCC(CCO)N1C(=O)CCC1=O. The number of hydrogen-bond donors (Lipinski definition) is 1. The van der Waals surface area contributed by atoms with E-state index in [1.54, 1.807) is 0 Å². The van der Waals surface area contributed by atoms with Gasteiger partial charge in [-0.2, -0.15) is 0 Å². The summed E-state index contributed by atoms with van der Waals surface area (Å²) in [6, 6.07) is -0.104. The molecule has 0 radical (unpaired) electrons. The van der Waals surface area contributed by atoms with Gasteiger partial charge in [0, 0.05) is 25.5 Å². The summed E-state index contributed by atoms with van der Waals surface area (Å²) >= 11 is 0. The molecule has 1 rings (SSSR count). The van der Waals surface area contributed by atoms with Gasteiger partial charge in [-0.1, -0.05) is 6.92 Å². The smallest absolute Gasteiger partial charge is 0.229 e. The Hall–Kier alpha value is -0.900. The van der Waals surface area contributed by atoms with E-state index in [0.29, 0.717) is 19.3 Å². The molecule has 2 amide bonds. The number of carbonyl (C=O) groups is 2.